The molecular weight excluding hydrogens is 938 g/mol. The van der Waals surface area contributed by atoms with Crippen LogP contribution in [-0.2, 0) is 6.42 Å². The Balaban J connectivity index is 0.000000348. The van der Waals surface area contributed by atoms with Crippen molar-refractivity contribution < 1.29 is 0 Å². The summed E-state index contributed by atoms with van der Waals surface area (Å²) in [7, 11) is 0. The van der Waals surface area contributed by atoms with E-state index in [1.807, 2.05) is 36.3 Å². The number of hydrogen-bond acceptors (Lipinski definition) is 1. The van der Waals surface area contributed by atoms with E-state index in [9.17, 15) is 0 Å². The molecule has 0 aliphatic heterocycles. The first-order valence-corrected chi connectivity index (χ1v) is 26.7. The SMILES string of the molecule is C=C/C=C(\C=C/C)n1c2ccc(-c3cccc(-c4ccc5c(c4)c4ccccc4n5C4=CCCC=C4)c3)cc2c2cc(-c3ccc4c(c3)-c3ccccc3C4)ccc21.CC1C=CC(c2ccccn2)=C1.C[Se]. The van der Waals surface area contributed by atoms with Gasteiger partial charge in [0.05, 0.1) is 27.8 Å². The number of para-hydroxylation sites is 1. The molecule has 3 nitrogen and oxygen atoms in total. The van der Waals surface area contributed by atoms with E-state index in [1.165, 1.54) is 111 Å². The second-order valence-corrected chi connectivity index (χ2v) is 18.7. The van der Waals surface area contributed by atoms with Gasteiger partial charge >= 0.3 is 21.8 Å². The van der Waals surface area contributed by atoms with Gasteiger partial charge in [0.1, 0.15) is 0 Å². The fourth-order valence-electron chi connectivity index (χ4n) is 10.9. The first-order valence-electron chi connectivity index (χ1n) is 25.0. The Morgan fingerprint density at radius 2 is 1.22 bits per heavy atom. The summed E-state index contributed by atoms with van der Waals surface area (Å²) in [5.41, 5.74) is 22.3. The zero-order valence-corrected chi connectivity index (χ0v) is 42.8. The van der Waals surface area contributed by atoms with E-state index in [-0.39, 0.29) is 0 Å². The second kappa shape index (κ2) is 20.4. The van der Waals surface area contributed by atoms with Crippen LogP contribution in [0.15, 0.2) is 237 Å². The van der Waals surface area contributed by atoms with Gasteiger partial charge in [-0.15, -0.1) is 0 Å². The second-order valence-electron chi connectivity index (χ2n) is 18.7. The number of allylic oxidation sites excluding steroid dienone is 13. The van der Waals surface area contributed by atoms with Crippen LogP contribution < -0.4 is 0 Å². The van der Waals surface area contributed by atoms with Crippen molar-refractivity contribution in [3.8, 4) is 44.5 Å². The first kappa shape index (κ1) is 46.4. The number of benzene rings is 7. The third-order valence-corrected chi connectivity index (χ3v) is 14.2. The van der Waals surface area contributed by atoms with Gasteiger partial charge < -0.3 is 9.13 Å². The first-order chi connectivity index (χ1) is 35.5. The molecule has 0 saturated carbocycles. The molecule has 13 rings (SSSR count). The average Bonchev–Trinajstić information content (AvgIpc) is 4.22. The predicted octanol–water partition coefficient (Wildman–Crippen LogP) is 18.1. The van der Waals surface area contributed by atoms with Crippen molar-refractivity contribution in [2.45, 2.75) is 38.9 Å². The van der Waals surface area contributed by atoms with Crippen molar-refractivity contribution in [1.29, 1.82) is 0 Å². The third kappa shape index (κ3) is 8.68. The van der Waals surface area contributed by atoms with Crippen molar-refractivity contribution in [3.63, 3.8) is 0 Å². The van der Waals surface area contributed by atoms with Gasteiger partial charge in [-0.2, -0.15) is 0 Å². The van der Waals surface area contributed by atoms with E-state index < -0.39 is 0 Å². The molecule has 3 heterocycles. The van der Waals surface area contributed by atoms with Crippen LogP contribution in [0.25, 0.3) is 105 Å². The van der Waals surface area contributed by atoms with E-state index in [2.05, 4.69) is 251 Å². The Morgan fingerprint density at radius 3 is 1.89 bits per heavy atom. The summed E-state index contributed by atoms with van der Waals surface area (Å²) >= 11 is 2.62. The van der Waals surface area contributed by atoms with Gasteiger partial charge in [-0.3, -0.25) is 4.98 Å². The zero-order chi connectivity index (χ0) is 49.1. The summed E-state index contributed by atoms with van der Waals surface area (Å²) in [6, 6.07) is 60.5. The minimum absolute atomic E-state index is 0.557. The van der Waals surface area contributed by atoms with Crippen molar-refractivity contribution >= 4 is 76.6 Å². The number of fused-ring (bicyclic) bond motifs is 9. The van der Waals surface area contributed by atoms with E-state index in [0.717, 1.165) is 30.7 Å². The molecular formula is C68H56N3Se. The zero-order valence-electron chi connectivity index (χ0n) is 41.1. The molecule has 3 aliphatic rings. The number of nitrogens with zero attached hydrogens (tertiary/aromatic N) is 3. The molecule has 0 amide bonds. The summed E-state index contributed by atoms with van der Waals surface area (Å²) < 4.78 is 4.80. The van der Waals surface area contributed by atoms with Crippen LogP contribution in [0.4, 0.5) is 0 Å². The molecule has 0 N–H and O–H groups in total. The van der Waals surface area contributed by atoms with Gasteiger partial charge in [-0.1, -0.05) is 153 Å². The molecule has 72 heavy (non-hydrogen) atoms. The Morgan fingerprint density at radius 1 is 0.597 bits per heavy atom. The Hall–Kier alpha value is -8.01. The summed E-state index contributed by atoms with van der Waals surface area (Å²) in [5, 5.41) is 5.02. The van der Waals surface area contributed by atoms with Crippen LogP contribution in [0.5, 0.6) is 0 Å². The van der Waals surface area contributed by atoms with Gasteiger partial charge in [-0.05, 0) is 178 Å². The van der Waals surface area contributed by atoms with Crippen LogP contribution in [-0.4, -0.2) is 30.1 Å². The summed E-state index contributed by atoms with van der Waals surface area (Å²) in [4.78, 5) is 4.28. The van der Waals surface area contributed by atoms with Gasteiger partial charge in [-0.25, -0.2) is 0 Å². The monoisotopic (exact) mass is 994 g/mol. The predicted molar refractivity (Wildman–Crippen MR) is 311 cm³/mol. The van der Waals surface area contributed by atoms with Crippen molar-refractivity contribution in [2.24, 2.45) is 5.92 Å². The quantitative estimate of drug-likeness (QED) is 0.110. The van der Waals surface area contributed by atoms with Crippen LogP contribution in [0.2, 0.25) is 5.82 Å². The summed E-state index contributed by atoms with van der Waals surface area (Å²) in [5.74, 6) is 2.43. The molecule has 1 atom stereocenters. The van der Waals surface area contributed by atoms with E-state index >= 15 is 0 Å². The number of pyridine rings is 1. The van der Waals surface area contributed by atoms with E-state index in [1.54, 1.807) is 0 Å². The van der Waals surface area contributed by atoms with Crippen molar-refractivity contribution in [1.82, 2.24) is 14.1 Å². The van der Waals surface area contributed by atoms with Gasteiger partial charge in [0.2, 0.25) is 0 Å². The average molecular weight is 994 g/mol. The molecule has 0 saturated heterocycles. The summed E-state index contributed by atoms with van der Waals surface area (Å²) in [6.07, 6.45) is 26.7. The van der Waals surface area contributed by atoms with Gasteiger partial charge in [0.25, 0.3) is 0 Å². The van der Waals surface area contributed by atoms with E-state index in [0.29, 0.717) is 5.92 Å². The molecule has 0 spiro atoms. The minimum atomic E-state index is 0.557. The van der Waals surface area contributed by atoms with Crippen LogP contribution in [0, 0.1) is 5.92 Å². The van der Waals surface area contributed by atoms with Crippen LogP contribution >= 0.6 is 0 Å². The standard InChI is InChI=1S/C56H42N2.C11H11N.CH3Se/c1-3-13-45(14-4-2)57-55-29-26-41(35-51(55)52-36-42(27-30-56(52)57)39-23-24-44-32-43-15-8-9-20-47(43)49(44)33-39)38-17-12-16-37(31-38)40-25-28-54-50(34-40)48-21-10-11-22-53(48)58(54)46-18-6-5-7-19-46;1-9-5-6-10(8-9)11-4-2-3-7-12-11;1-2/h3-4,6,8-31,33-36H,1,5,7,32H2,2H3;2-9H,1H3;1H3/b14-4-,45-13+;;. The Bertz CT molecular complexity index is 3900. The fraction of sp³-hybridized carbons (Fsp3) is 0.103. The molecule has 3 aromatic heterocycles. The van der Waals surface area contributed by atoms with Gasteiger partial charge in [0.15, 0.2) is 0 Å². The molecule has 4 heteroatoms. The maximum atomic E-state index is 4.28. The summed E-state index contributed by atoms with van der Waals surface area (Å²) in [6.45, 7) is 8.31. The Kier molecular flexibility index (Phi) is 13.1. The molecule has 0 fully saturated rings. The molecule has 0 bridgehead atoms. The maximum absolute atomic E-state index is 4.28. The number of aromatic nitrogens is 3. The normalized spacial score (nSPS) is 14.8. The van der Waals surface area contributed by atoms with E-state index in [4.69, 9.17) is 0 Å². The molecule has 1 radical (unpaired) electrons. The number of hydrogen-bond donors (Lipinski definition) is 0. The molecule has 10 aromatic rings. The molecule has 1 unspecified atom stereocenters. The third-order valence-electron chi connectivity index (χ3n) is 14.2. The Labute approximate surface area is 431 Å². The van der Waals surface area contributed by atoms with Crippen LogP contribution in [0.1, 0.15) is 43.5 Å². The topological polar surface area (TPSA) is 22.8 Å². The fourth-order valence-corrected chi connectivity index (χ4v) is 10.9. The number of rotatable bonds is 8. The molecule has 7 aromatic carbocycles. The molecule has 3 aliphatic carbocycles. The van der Waals surface area contributed by atoms with Crippen molar-refractivity contribution in [3.05, 3.63) is 254 Å². The van der Waals surface area contributed by atoms with Gasteiger partial charge in [0, 0.05) is 39.1 Å². The molecule has 349 valence electrons. The van der Waals surface area contributed by atoms with Crippen molar-refractivity contribution in [2.75, 3.05) is 0 Å². The van der Waals surface area contributed by atoms with Crippen LogP contribution in [0.3, 0.4) is 0 Å².